The number of nitrogens with one attached hydrogen (secondary N) is 2. The number of carbonyl (C=O) groups is 2. The van der Waals surface area contributed by atoms with Crippen molar-refractivity contribution in [3.63, 3.8) is 0 Å². The zero-order valence-corrected chi connectivity index (χ0v) is 16.8. The van der Waals surface area contributed by atoms with E-state index in [0.717, 1.165) is 16.9 Å². The fraction of sp³-hybridized carbons (Fsp3) is 0.318. The van der Waals surface area contributed by atoms with Gasteiger partial charge in [-0.15, -0.1) is 0 Å². The van der Waals surface area contributed by atoms with Gasteiger partial charge in [-0.25, -0.2) is 4.98 Å². The number of nitrogens with zero attached hydrogens (tertiary/aromatic N) is 1. The summed E-state index contributed by atoms with van der Waals surface area (Å²) in [4.78, 5) is 31.4. The molecule has 0 radical (unpaired) electrons. The molecule has 0 bridgehead atoms. The predicted molar refractivity (Wildman–Crippen MR) is 110 cm³/mol. The minimum atomic E-state index is -0.213. The molecule has 7 nitrogen and oxygen atoms in total. The topological polar surface area (TPSA) is 93.3 Å². The van der Waals surface area contributed by atoms with Gasteiger partial charge in [0.2, 0.25) is 5.91 Å². The lowest BCUT2D eigenvalue weighted by Crippen LogP contribution is -2.27. The Hall–Kier alpha value is -3.35. The lowest BCUT2D eigenvalue weighted by molar-refractivity contribution is -0.122. The van der Waals surface area contributed by atoms with Crippen molar-refractivity contribution in [3.05, 3.63) is 53.9 Å². The molecule has 152 valence electrons. The van der Waals surface area contributed by atoms with Gasteiger partial charge in [-0.2, -0.15) is 0 Å². The highest BCUT2D eigenvalue weighted by atomic mass is 16.5. The summed E-state index contributed by atoms with van der Waals surface area (Å²) in [6, 6.07) is 12.6. The van der Waals surface area contributed by atoms with E-state index in [9.17, 15) is 9.59 Å². The number of fused-ring (bicyclic) bond motifs is 1. The quantitative estimate of drug-likeness (QED) is 0.424. The van der Waals surface area contributed by atoms with Gasteiger partial charge in [0.15, 0.2) is 17.3 Å². The van der Waals surface area contributed by atoms with Crippen molar-refractivity contribution >= 4 is 22.7 Å². The third-order valence-corrected chi connectivity index (χ3v) is 4.57. The van der Waals surface area contributed by atoms with E-state index in [2.05, 4.69) is 15.3 Å². The number of carbonyl (C=O) groups excluding carboxylic acids is 2. The lowest BCUT2D eigenvalue weighted by atomic mass is 10.1. The Morgan fingerprint density at radius 3 is 2.69 bits per heavy atom. The van der Waals surface area contributed by atoms with E-state index < -0.39 is 0 Å². The molecule has 1 amide bonds. The number of hydrogen-bond donors (Lipinski definition) is 2. The van der Waals surface area contributed by atoms with Gasteiger partial charge < -0.3 is 19.8 Å². The summed E-state index contributed by atoms with van der Waals surface area (Å²) in [6.07, 6.45) is 0.884. The van der Waals surface area contributed by atoms with Gasteiger partial charge in [0, 0.05) is 12.0 Å². The average molecular weight is 395 g/mol. The maximum absolute atomic E-state index is 12.2. The van der Waals surface area contributed by atoms with Gasteiger partial charge in [0.05, 0.1) is 30.8 Å². The monoisotopic (exact) mass is 395 g/mol. The number of hydrogen-bond acceptors (Lipinski definition) is 5. The van der Waals surface area contributed by atoms with E-state index in [-0.39, 0.29) is 17.7 Å². The van der Waals surface area contributed by atoms with E-state index in [1.165, 1.54) is 14.0 Å². The summed E-state index contributed by atoms with van der Waals surface area (Å²) >= 11 is 0. The highest BCUT2D eigenvalue weighted by molar-refractivity contribution is 5.94. The van der Waals surface area contributed by atoms with Gasteiger partial charge in [0.1, 0.15) is 5.82 Å². The number of rotatable bonds is 9. The highest BCUT2D eigenvalue weighted by Gasteiger charge is 2.14. The molecular formula is C22H25N3O4. The fourth-order valence-corrected chi connectivity index (χ4v) is 2.98. The Bertz CT molecular complexity index is 979. The number of imidazole rings is 1. The summed E-state index contributed by atoms with van der Waals surface area (Å²) in [7, 11) is 1.53. The molecule has 0 aliphatic carbocycles. The molecule has 0 spiro atoms. The van der Waals surface area contributed by atoms with Crippen LogP contribution in [0.3, 0.4) is 0 Å². The molecular weight excluding hydrogens is 370 g/mol. The van der Waals surface area contributed by atoms with Crippen molar-refractivity contribution in [1.29, 1.82) is 0 Å². The minimum Gasteiger partial charge on any atom is -0.493 e. The molecule has 1 heterocycles. The summed E-state index contributed by atoms with van der Waals surface area (Å²) < 4.78 is 11.0. The number of methoxy groups -OCH3 is 1. The number of amides is 1. The second-order valence-corrected chi connectivity index (χ2v) is 6.80. The first-order valence-corrected chi connectivity index (χ1v) is 9.53. The number of aromatic nitrogens is 2. The molecule has 0 saturated heterocycles. The van der Waals surface area contributed by atoms with Crippen LogP contribution in [0.25, 0.3) is 11.0 Å². The summed E-state index contributed by atoms with van der Waals surface area (Å²) in [5.74, 6) is 1.67. The van der Waals surface area contributed by atoms with Crippen LogP contribution in [0.1, 0.15) is 48.9 Å². The zero-order chi connectivity index (χ0) is 20.8. The number of H-pyrrole nitrogens is 1. The molecule has 1 atom stereocenters. The average Bonchev–Trinajstić information content (AvgIpc) is 3.15. The molecule has 0 saturated carbocycles. The fourth-order valence-electron chi connectivity index (χ4n) is 2.98. The van der Waals surface area contributed by atoms with Crippen molar-refractivity contribution in [2.75, 3.05) is 13.7 Å². The minimum absolute atomic E-state index is 0.0369. The molecule has 0 fully saturated rings. The van der Waals surface area contributed by atoms with E-state index in [1.807, 2.05) is 31.2 Å². The second-order valence-electron chi connectivity index (χ2n) is 6.80. The van der Waals surface area contributed by atoms with Crippen LogP contribution in [0, 0.1) is 0 Å². The number of aromatic amines is 1. The van der Waals surface area contributed by atoms with E-state index in [4.69, 9.17) is 9.47 Å². The second kappa shape index (κ2) is 9.23. The van der Waals surface area contributed by atoms with Gasteiger partial charge >= 0.3 is 0 Å². The van der Waals surface area contributed by atoms with Crippen molar-refractivity contribution in [2.45, 2.75) is 32.7 Å². The van der Waals surface area contributed by atoms with Crippen LogP contribution in [0.4, 0.5) is 0 Å². The van der Waals surface area contributed by atoms with Gasteiger partial charge in [-0.3, -0.25) is 9.59 Å². The van der Waals surface area contributed by atoms with Crippen molar-refractivity contribution in [3.8, 4) is 11.5 Å². The first-order chi connectivity index (χ1) is 14.0. The van der Waals surface area contributed by atoms with Crippen LogP contribution in [-0.2, 0) is 4.79 Å². The number of ketones is 1. The standard InChI is InChI=1S/C22H25N3O4/c1-14(22-24-17-7-4-5-8-18(17)25-22)23-21(27)9-6-12-29-19-11-10-16(15(2)26)13-20(19)28-3/h4-5,7-8,10-11,13-14H,6,9,12H2,1-3H3,(H,23,27)(H,24,25)/t14-/m0/s1. The summed E-state index contributed by atoms with van der Waals surface area (Å²) in [5.41, 5.74) is 2.39. The van der Waals surface area contributed by atoms with Crippen molar-refractivity contribution < 1.29 is 19.1 Å². The van der Waals surface area contributed by atoms with Crippen LogP contribution in [-0.4, -0.2) is 35.4 Å². The number of Topliss-reactive ketones (excluding diaryl/α,β-unsaturated/α-hetero) is 1. The molecule has 2 aromatic carbocycles. The SMILES string of the molecule is COc1cc(C(C)=O)ccc1OCCCC(=O)N[C@@H](C)c1nc2ccccc2[nH]1. The highest BCUT2D eigenvalue weighted by Crippen LogP contribution is 2.28. The Kier molecular flexibility index (Phi) is 6.49. The molecule has 29 heavy (non-hydrogen) atoms. The zero-order valence-electron chi connectivity index (χ0n) is 16.8. The number of para-hydroxylation sites is 2. The largest absolute Gasteiger partial charge is 0.493 e. The third kappa shape index (κ3) is 5.13. The molecule has 3 aromatic rings. The first kappa shape index (κ1) is 20.4. The van der Waals surface area contributed by atoms with Crippen LogP contribution in [0.5, 0.6) is 11.5 Å². The van der Waals surface area contributed by atoms with E-state index in [1.54, 1.807) is 18.2 Å². The molecule has 0 unspecified atom stereocenters. The maximum atomic E-state index is 12.2. The lowest BCUT2D eigenvalue weighted by Gasteiger charge is -2.13. The maximum Gasteiger partial charge on any atom is 0.220 e. The Morgan fingerprint density at radius 2 is 1.97 bits per heavy atom. The molecule has 0 aliphatic heterocycles. The Morgan fingerprint density at radius 1 is 1.17 bits per heavy atom. The Balaban J connectivity index is 1.47. The molecule has 1 aromatic heterocycles. The number of ether oxygens (including phenoxy) is 2. The molecule has 0 aliphatic rings. The van der Waals surface area contributed by atoms with Gasteiger partial charge in [-0.1, -0.05) is 12.1 Å². The third-order valence-electron chi connectivity index (χ3n) is 4.57. The normalized spacial score (nSPS) is 11.8. The summed E-state index contributed by atoms with van der Waals surface area (Å²) in [5, 5.41) is 2.95. The van der Waals surface area contributed by atoms with Crippen LogP contribution in [0.2, 0.25) is 0 Å². The van der Waals surface area contributed by atoms with Gasteiger partial charge in [-0.05, 0) is 50.6 Å². The van der Waals surface area contributed by atoms with Crippen molar-refractivity contribution in [1.82, 2.24) is 15.3 Å². The van der Waals surface area contributed by atoms with E-state index in [0.29, 0.717) is 36.5 Å². The molecule has 3 rings (SSSR count). The van der Waals surface area contributed by atoms with Crippen LogP contribution < -0.4 is 14.8 Å². The van der Waals surface area contributed by atoms with Crippen molar-refractivity contribution in [2.24, 2.45) is 0 Å². The Labute approximate surface area is 169 Å². The first-order valence-electron chi connectivity index (χ1n) is 9.53. The molecule has 7 heteroatoms. The van der Waals surface area contributed by atoms with Gasteiger partial charge in [0.25, 0.3) is 0 Å². The molecule has 2 N–H and O–H groups in total. The summed E-state index contributed by atoms with van der Waals surface area (Å²) in [6.45, 7) is 3.76. The van der Waals surface area contributed by atoms with E-state index >= 15 is 0 Å². The van der Waals surface area contributed by atoms with Crippen LogP contribution in [0.15, 0.2) is 42.5 Å². The smallest absolute Gasteiger partial charge is 0.220 e. The predicted octanol–water partition coefficient (Wildman–Crippen LogP) is 3.81. The van der Waals surface area contributed by atoms with Crippen LogP contribution >= 0.6 is 0 Å². The number of benzene rings is 2.